The quantitative estimate of drug-likeness (QED) is 0.516. The van der Waals surface area contributed by atoms with Gasteiger partial charge in [0.2, 0.25) is 0 Å². The van der Waals surface area contributed by atoms with Gasteiger partial charge in [0.15, 0.2) is 0 Å². The van der Waals surface area contributed by atoms with Crippen molar-refractivity contribution in [2.24, 2.45) is 17.8 Å². The largest absolute Gasteiger partial charge is 1.00 e. The molecule has 2 fully saturated rings. The number of carbonyl (C=O) groups is 1. The minimum Gasteiger partial charge on any atom is -1.00 e. The van der Waals surface area contributed by atoms with Crippen molar-refractivity contribution in [2.45, 2.75) is 52.1 Å². The number of hydrogen-bond donors (Lipinski definition) is 1. The topological polar surface area (TPSA) is 29.1 Å². The minimum absolute atomic E-state index is 0. The second-order valence-corrected chi connectivity index (χ2v) is 19.9. The number of fused-ring (bicyclic) bond motifs is 2. The van der Waals surface area contributed by atoms with Crippen molar-refractivity contribution in [2.75, 3.05) is 0 Å². The van der Waals surface area contributed by atoms with E-state index in [0.717, 1.165) is 12.3 Å². The molecule has 0 saturated heterocycles. The van der Waals surface area contributed by atoms with E-state index in [2.05, 4.69) is 36.0 Å². The SMILES string of the molecule is CC1=CC[C]([Ti+2]([NH]C(=O)C2CC3CCC2C3)[SiH](C)C)=C1.[Cl-].[Cl-]. The predicted molar refractivity (Wildman–Crippen MR) is 82.4 cm³/mol. The molecule has 1 N–H and O–H groups in total. The Morgan fingerprint density at radius 1 is 1.27 bits per heavy atom. The second-order valence-electron chi connectivity index (χ2n) is 7.16. The van der Waals surface area contributed by atoms with Crippen LogP contribution in [0.4, 0.5) is 0 Å². The number of rotatable bonds is 4. The van der Waals surface area contributed by atoms with Crippen molar-refractivity contribution in [3.05, 3.63) is 21.6 Å². The molecule has 0 aromatic rings. The summed E-state index contributed by atoms with van der Waals surface area (Å²) in [7, 11) is 0. The maximum absolute atomic E-state index is 12.7. The molecule has 3 unspecified atom stereocenters. The smallest absolute Gasteiger partial charge is 1.00 e. The molecule has 3 rings (SSSR count). The number of amides is 1. The number of halogens is 2. The zero-order chi connectivity index (χ0) is 14.3. The van der Waals surface area contributed by atoms with Crippen LogP contribution in [0.3, 0.4) is 0 Å². The van der Waals surface area contributed by atoms with Gasteiger partial charge < -0.3 is 24.8 Å². The maximum Gasteiger partial charge on any atom is -1.00 e. The van der Waals surface area contributed by atoms with Gasteiger partial charge in [-0.3, -0.25) is 0 Å². The average molecular weight is 395 g/mol. The van der Waals surface area contributed by atoms with Crippen molar-refractivity contribution in [3.63, 3.8) is 0 Å². The van der Waals surface area contributed by atoms with E-state index in [0.29, 0.717) is 17.7 Å². The maximum atomic E-state index is 12.7. The number of carbonyl (C=O) groups excluding carboxylic acids is 1. The minimum atomic E-state index is -1.50. The van der Waals surface area contributed by atoms with Gasteiger partial charge in [-0.15, -0.1) is 0 Å². The van der Waals surface area contributed by atoms with E-state index < -0.39 is 24.0 Å². The molecule has 2 saturated carbocycles. The third kappa shape index (κ3) is 4.30. The fourth-order valence-electron chi connectivity index (χ4n) is 4.24. The fraction of sp³-hybridized carbons (Fsp3) is 0.688. The van der Waals surface area contributed by atoms with Gasteiger partial charge in [-0.2, -0.15) is 0 Å². The van der Waals surface area contributed by atoms with Gasteiger partial charge >= 0.3 is 130 Å². The Bertz CT molecular complexity index is 481. The number of allylic oxidation sites excluding steroid dienone is 4. The van der Waals surface area contributed by atoms with Crippen LogP contribution in [-0.4, -0.2) is 12.6 Å². The molecule has 6 heteroatoms. The van der Waals surface area contributed by atoms with E-state index in [4.69, 9.17) is 0 Å². The molecule has 1 amide bonds. The molecule has 3 atom stereocenters. The van der Waals surface area contributed by atoms with Gasteiger partial charge in [0, 0.05) is 0 Å². The van der Waals surface area contributed by atoms with Gasteiger partial charge in [-0.1, -0.05) is 0 Å². The standard InChI is InChI=1S/C8H13NO.C6H7.C2H7Si.2ClH.Ti/c9-8(10)7-4-5-1-2-6(7)3-5;1-6-4-2-3-5-6;1-3-2;;;/h5-7H,1-4H2,(H2,9,10);4-5H,2H2,1H3;3H,1-2H3;2*1H;/q;;;;;+3/p-3. The summed E-state index contributed by atoms with van der Waals surface area (Å²) in [5.41, 5.74) is 1.40. The van der Waals surface area contributed by atoms with E-state index in [1.165, 1.54) is 31.3 Å². The first-order valence-electron chi connectivity index (χ1n) is 8.10. The van der Waals surface area contributed by atoms with Gasteiger partial charge in [0.25, 0.3) is 0 Å². The molecule has 0 aromatic heterocycles. The Labute approximate surface area is 154 Å². The summed E-state index contributed by atoms with van der Waals surface area (Å²) in [5.74, 6) is 2.37. The first-order chi connectivity index (χ1) is 9.54. The van der Waals surface area contributed by atoms with Crippen molar-refractivity contribution in [1.82, 2.24) is 3.80 Å². The molecular formula is C16H26Cl2NOSiTi. The summed E-state index contributed by atoms with van der Waals surface area (Å²) < 4.78 is 5.21. The molecule has 123 valence electrons. The zero-order valence-corrected chi connectivity index (χ0v) is 17.9. The van der Waals surface area contributed by atoms with Crippen LogP contribution in [-0.2, 0) is 22.2 Å². The van der Waals surface area contributed by atoms with Gasteiger partial charge in [-0.05, 0) is 0 Å². The average Bonchev–Trinajstić information content (AvgIpc) is 3.10. The molecule has 0 aliphatic heterocycles. The molecule has 2 bridgehead atoms. The van der Waals surface area contributed by atoms with E-state index in [9.17, 15) is 4.79 Å². The summed E-state index contributed by atoms with van der Waals surface area (Å²) >= 11 is -1.50. The molecule has 0 heterocycles. The van der Waals surface area contributed by atoms with Crippen molar-refractivity contribution in [1.29, 1.82) is 0 Å². The van der Waals surface area contributed by atoms with Crippen LogP contribution in [0, 0.1) is 17.8 Å². The molecule has 0 radical (unpaired) electrons. The zero-order valence-electron chi connectivity index (χ0n) is 13.7. The Balaban J connectivity index is 0.00000121. The summed E-state index contributed by atoms with van der Waals surface area (Å²) in [6.07, 6.45) is 11.0. The number of nitrogens with one attached hydrogen (secondary N) is 1. The molecular weight excluding hydrogens is 369 g/mol. The summed E-state index contributed by atoms with van der Waals surface area (Å²) in [6.45, 7) is 6.28. The van der Waals surface area contributed by atoms with Crippen LogP contribution in [0.1, 0.15) is 39.0 Å². The van der Waals surface area contributed by atoms with E-state index in [1.807, 2.05) is 0 Å². The van der Waals surface area contributed by atoms with Crippen LogP contribution < -0.4 is 28.6 Å². The Morgan fingerprint density at radius 2 is 2.00 bits per heavy atom. The van der Waals surface area contributed by atoms with E-state index in [-0.39, 0.29) is 24.8 Å². The third-order valence-electron chi connectivity index (χ3n) is 5.30. The van der Waals surface area contributed by atoms with Gasteiger partial charge in [-0.25, -0.2) is 0 Å². The molecule has 0 spiro atoms. The first-order valence-corrected chi connectivity index (χ1v) is 15.2. The van der Waals surface area contributed by atoms with Crippen LogP contribution in [0.25, 0.3) is 0 Å². The van der Waals surface area contributed by atoms with E-state index in [1.54, 1.807) is 3.88 Å². The molecule has 2 nitrogen and oxygen atoms in total. The Morgan fingerprint density at radius 3 is 2.45 bits per heavy atom. The summed E-state index contributed by atoms with van der Waals surface area (Å²) in [4.78, 5) is 12.7. The number of hydrogen-bond acceptors (Lipinski definition) is 1. The molecule has 22 heavy (non-hydrogen) atoms. The van der Waals surface area contributed by atoms with Crippen LogP contribution in [0.2, 0.25) is 13.1 Å². The van der Waals surface area contributed by atoms with E-state index >= 15 is 0 Å². The van der Waals surface area contributed by atoms with Gasteiger partial charge in [0.05, 0.1) is 0 Å². The predicted octanol–water partition coefficient (Wildman–Crippen LogP) is -2.70. The molecule has 3 aliphatic rings. The Kier molecular flexibility index (Phi) is 7.95. The third-order valence-corrected chi connectivity index (χ3v) is 16.4. The molecule has 0 aromatic carbocycles. The van der Waals surface area contributed by atoms with Crippen LogP contribution in [0.15, 0.2) is 21.6 Å². The molecule has 3 aliphatic carbocycles. The normalized spacial score (nSPS) is 28.6. The first kappa shape index (κ1) is 20.5. The summed E-state index contributed by atoms with van der Waals surface area (Å²) in [5, 5.41) is 0. The van der Waals surface area contributed by atoms with Crippen molar-refractivity contribution in [3.8, 4) is 0 Å². The van der Waals surface area contributed by atoms with Crippen molar-refractivity contribution >= 4 is 12.6 Å². The van der Waals surface area contributed by atoms with Crippen molar-refractivity contribution < 1.29 is 47.0 Å². The van der Waals surface area contributed by atoms with Crippen LogP contribution >= 0.6 is 0 Å². The Hall–Kier alpha value is 0.461. The summed E-state index contributed by atoms with van der Waals surface area (Å²) in [6, 6.07) is 0. The fourth-order valence-corrected chi connectivity index (χ4v) is 13.6. The monoisotopic (exact) mass is 394 g/mol. The van der Waals surface area contributed by atoms with Gasteiger partial charge in [0.1, 0.15) is 0 Å². The van der Waals surface area contributed by atoms with Crippen LogP contribution in [0.5, 0.6) is 0 Å². The second kappa shape index (κ2) is 8.53.